The van der Waals surface area contributed by atoms with E-state index in [0.29, 0.717) is 18.8 Å². The topological polar surface area (TPSA) is 102 Å². The molecule has 1 aliphatic heterocycles. The summed E-state index contributed by atoms with van der Waals surface area (Å²) in [7, 11) is -5.16. The highest BCUT2D eigenvalue weighted by Gasteiger charge is 2.29. The molecule has 1 heterocycles. The van der Waals surface area contributed by atoms with Crippen molar-refractivity contribution in [3.8, 4) is 11.5 Å². The van der Waals surface area contributed by atoms with Crippen molar-refractivity contribution in [2.24, 2.45) is 0 Å². The molecule has 0 bridgehead atoms. The molecule has 1 aliphatic rings. The van der Waals surface area contributed by atoms with Crippen molar-refractivity contribution in [3.63, 3.8) is 0 Å². The van der Waals surface area contributed by atoms with Gasteiger partial charge in [0.05, 0.1) is 24.9 Å². The third kappa shape index (κ3) is 4.66. The van der Waals surface area contributed by atoms with E-state index in [0.717, 1.165) is 19.3 Å². The van der Waals surface area contributed by atoms with Crippen molar-refractivity contribution in [1.82, 2.24) is 4.31 Å². The number of nitrogens with one attached hydrogen (secondary N) is 1. The number of piperidine rings is 1. The molecule has 0 aromatic heterocycles. The van der Waals surface area contributed by atoms with Crippen LogP contribution in [-0.2, 0) is 20.0 Å². The van der Waals surface area contributed by atoms with Gasteiger partial charge in [0.25, 0.3) is 10.0 Å². The van der Waals surface area contributed by atoms with E-state index >= 15 is 0 Å². The smallest absolute Gasteiger partial charge is 0.265 e. The van der Waals surface area contributed by atoms with Crippen LogP contribution in [0.5, 0.6) is 11.5 Å². The highest BCUT2D eigenvalue weighted by molar-refractivity contribution is 7.92. The summed E-state index contributed by atoms with van der Waals surface area (Å²) in [4.78, 5) is -0.274. The number of sulfonamides is 2. The Bertz CT molecular complexity index is 1130. The molecule has 0 unspecified atom stereocenters. The molecule has 0 saturated carbocycles. The second-order valence-electron chi connectivity index (χ2n) is 6.73. The highest BCUT2D eigenvalue weighted by Crippen LogP contribution is 2.32. The molecule has 0 atom stereocenters. The number of ether oxygens (including phenoxy) is 2. The maximum atomic E-state index is 13.0. The summed E-state index contributed by atoms with van der Waals surface area (Å²) in [6.07, 6.45) is 2.53. The number of rotatable bonds is 7. The number of methoxy groups -OCH3 is 2. The fraction of sp³-hybridized carbons (Fsp3) is 0.368. The Morgan fingerprint density at radius 2 is 1.60 bits per heavy atom. The van der Waals surface area contributed by atoms with Gasteiger partial charge in [-0.15, -0.1) is 0 Å². The fourth-order valence-corrected chi connectivity index (χ4v) is 6.47. The maximum absolute atomic E-state index is 13.0. The Morgan fingerprint density at radius 1 is 0.900 bits per heavy atom. The zero-order chi connectivity index (χ0) is 21.9. The van der Waals surface area contributed by atoms with Gasteiger partial charge < -0.3 is 9.47 Å². The molecule has 0 radical (unpaired) electrons. The molecule has 30 heavy (non-hydrogen) atoms. The minimum absolute atomic E-state index is 0.0301. The van der Waals surface area contributed by atoms with E-state index in [4.69, 9.17) is 21.1 Å². The lowest BCUT2D eigenvalue weighted by Gasteiger charge is -2.26. The molecular formula is C19H23ClN2O6S2. The fourth-order valence-electron chi connectivity index (χ4n) is 3.21. The summed E-state index contributed by atoms with van der Waals surface area (Å²) >= 11 is 6.16. The molecule has 164 valence electrons. The van der Waals surface area contributed by atoms with E-state index in [-0.39, 0.29) is 26.3 Å². The van der Waals surface area contributed by atoms with E-state index in [2.05, 4.69) is 4.72 Å². The molecule has 1 fully saturated rings. The average Bonchev–Trinajstić information content (AvgIpc) is 2.75. The minimum atomic E-state index is -4.10. The molecule has 1 N–H and O–H groups in total. The van der Waals surface area contributed by atoms with Gasteiger partial charge in [-0.25, -0.2) is 16.8 Å². The molecule has 2 aromatic carbocycles. The first-order valence-corrected chi connectivity index (χ1v) is 12.5. The van der Waals surface area contributed by atoms with Crippen LogP contribution >= 0.6 is 11.6 Å². The summed E-state index contributed by atoms with van der Waals surface area (Å²) in [6.45, 7) is 0.825. The summed E-state index contributed by atoms with van der Waals surface area (Å²) in [5.41, 5.74) is 0.0693. The Morgan fingerprint density at radius 3 is 2.23 bits per heavy atom. The lowest BCUT2D eigenvalue weighted by atomic mass is 10.2. The molecule has 3 rings (SSSR count). The van der Waals surface area contributed by atoms with Crippen LogP contribution in [0.15, 0.2) is 46.2 Å². The molecule has 2 aromatic rings. The monoisotopic (exact) mass is 474 g/mol. The predicted molar refractivity (Wildman–Crippen MR) is 114 cm³/mol. The Hall–Kier alpha value is -2.01. The Labute approximate surface area is 181 Å². The number of hydrogen-bond acceptors (Lipinski definition) is 6. The third-order valence-electron chi connectivity index (χ3n) is 4.78. The first kappa shape index (κ1) is 22.7. The highest BCUT2D eigenvalue weighted by atomic mass is 35.5. The summed E-state index contributed by atoms with van der Waals surface area (Å²) < 4.78 is 65.9. The van der Waals surface area contributed by atoms with Crippen LogP contribution in [0.25, 0.3) is 0 Å². The van der Waals surface area contributed by atoms with Crippen molar-refractivity contribution in [1.29, 1.82) is 0 Å². The minimum Gasteiger partial charge on any atom is -0.497 e. The molecule has 0 aliphatic carbocycles. The van der Waals surface area contributed by atoms with E-state index in [1.807, 2.05) is 0 Å². The molecule has 0 amide bonds. The normalized spacial score (nSPS) is 15.6. The van der Waals surface area contributed by atoms with Gasteiger partial charge in [-0.05, 0) is 43.2 Å². The first-order valence-electron chi connectivity index (χ1n) is 9.23. The molecular weight excluding hydrogens is 452 g/mol. The summed E-state index contributed by atoms with van der Waals surface area (Å²) in [5.74, 6) is 0.457. The largest absolute Gasteiger partial charge is 0.497 e. The Balaban J connectivity index is 1.97. The number of hydrogen-bond donors (Lipinski definition) is 1. The lowest BCUT2D eigenvalue weighted by Crippen LogP contribution is -2.35. The quantitative estimate of drug-likeness (QED) is 0.660. The van der Waals surface area contributed by atoms with Crippen LogP contribution in [-0.4, -0.2) is 48.4 Å². The Kier molecular flexibility index (Phi) is 6.81. The number of nitrogens with zero attached hydrogens (tertiary/aromatic N) is 1. The van der Waals surface area contributed by atoms with Gasteiger partial charge in [-0.2, -0.15) is 4.31 Å². The number of halogens is 1. The van der Waals surface area contributed by atoms with Crippen molar-refractivity contribution < 1.29 is 26.3 Å². The van der Waals surface area contributed by atoms with Crippen molar-refractivity contribution in [2.45, 2.75) is 29.1 Å². The molecule has 1 saturated heterocycles. The van der Waals surface area contributed by atoms with Gasteiger partial charge in [-0.3, -0.25) is 4.72 Å². The number of anilines is 1. The predicted octanol–water partition coefficient (Wildman–Crippen LogP) is 3.33. The zero-order valence-corrected chi connectivity index (χ0v) is 19.0. The van der Waals surface area contributed by atoms with Crippen LogP contribution in [0.3, 0.4) is 0 Å². The second kappa shape index (κ2) is 9.01. The van der Waals surface area contributed by atoms with Crippen molar-refractivity contribution >= 4 is 37.3 Å². The van der Waals surface area contributed by atoms with E-state index in [9.17, 15) is 16.8 Å². The first-order chi connectivity index (χ1) is 14.2. The zero-order valence-electron chi connectivity index (χ0n) is 16.6. The van der Waals surface area contributed by atoms with Gasteiger partial charge in [0.1, 0.15) is 21.3 Å². The lowest BCUT2D eigenvalue weighted by molar-refractivity contribution is 0.346. The van der Waals surface area contributed by atoms with Crippen molar-refractivity contribution in [2.75, 3.05) is 32.0 Å². The van der Waals surface area contributed by atoms with Crippen LogP contribution in [0.2, 0.25) is 5.02 Å². The van der Waals surface area contributed by atoms with Crippen molar-refractivity contribution in [3.05, 3.63) is 41.4 Å². The second-order valence-corrected chi connectivity index (χ2v) is 10.7. The van der Waals surface area contributed by atoms with E-state index in [1.54, 1.807) is 6.07 Å². The van der Waals surface area contributed by atoms with Crippen LogP contribution in [0.4, 0.5) is 5.69 Å². The van der Waals surface area contributed by atoms with Gasteiger partial charge in [0.15, 0.2) is 0 Å². The standard InChI is InChI=1S/C19H23ClN2O6S2/c1-27-15-7-9-17(28-2)19(13-15)29(23,24)21-14-6-8-16(20)18(12-14)30(25,26)22-10-4-3-5-11-22/h6-9,12-13,21H,3-5,10-11H2,1-2H3. The summed E-state index contributed by atoms with van der Waals surface area (Å²) in [5, 5.41) is 0.0301. The van der Waals surface area contributed by atoms with Crippen LogP contribution in [0.1, 0.15) is 19.3 Å². The van der Waals surface area contributed by atoms with E-state index in [1.165, 1.54) is 48.9 Å². The average molecular weight is 475 g/mol. The maximum Gasteiger partial charge on any atom is 0.265 e. The third-order valence-corrected chi connectivity index (χ3v) is 8.56. The van der Waals surface area contributed by atoms with Crippen LogP contribution in [0, 0.1) is 0 Å². The van der Waals surface area contributed by atoms with Gasteiger partial charge >= 0.3 is 0 Å². The van der Waals surface area contributed by atoms with E-state index < -0.39 is 20.0 Å². The molecule has 11 heteroatoms. The van der Waals surface area contributed by atoms with Gasteiger partial charge in [0, 0.05) is 19.2 Å². The SMILES string of the molecule is COc1ccc(OC)c(S(=O)(=O)Nc2ccc(Cl)c(S(=O)(=O)N3CCCCC3)c2)c1. The number of benzene rings is 2. The van der Waals surface area contributed by atoms with Gasteiger partial charge in [-0.1, -0.05) is 18.0 Å². The molecule has 0 spiro atoms. The summed E-state index contributed by atoms with van der Waals surface area (Å²) in [6, 6.07) is 8.37. The molecule has 8 nitrogen and oxygen atoms in total. The van der Waals surface area contributed by atoms with Crippen LogP contribution < -0.4 is 14.2 Å². The van der Waals surface area contributed by atoms with Gasteiger partial charge in [0.2, 0.25) is 10.0 Å².